The van der Waals surface area contributed by atoms with Crippen LogP contribution in [-0.2, 0) is 4.74 Å². The zero-order valence-corrected chi connectivity index (χ0v) is 19.3. The summed E-state index contributed by atoms with van der Waals surface area (Å²) in [5, 5.41) is 15.2. The number of anilines is 1. The summed E-state index contributed by atoms with van der Waals surface area (Å²) in [7, 11) is 4.28. The molecule has 0 aliphatic carbocycles. The molecule has 0 amide bonds. The van der Waals surface area contributed by atoms with Crippen LogP contribution in [0.3, 0.4) is 0 Å². The lowest BCUT2D eigenvalue weighted by molar-refractivity contribution is 0.0601. The molecule has 32 heavy (non-hydrogen) atoms. The first kappa shape index (κ1) is 22.8. The second-order valence-electron chi connectivity index (χ2n) is 6.90. The number of nitrogens with one attached hydrogen (secondary N) is 1. The van der Waals surface area contributed by atoms with Crippen molar-refractivity contribution in [3.05, 3.63) is 63.6 Å². The van der Waals surface area contributed by atoms with E-state index in [4.69, 9.17) is 14.2 Å². The number of carbonyl (C=O) groups is 1. The molecule has 0 fully saturated rings. The van der Waals surface area contributed by atoms with Crippen LogP contribution in [0.15, 0.2) is 41.9 Å². The number of allylic oxidation sites excluding steroid dienone is 1. The summed E-state index contributed by atoms with van der Waals surface area (Å²) in [5.74, 6) is 0.272. The number of methoxy groups -OCH3 is 3. The lowest BCUT2D eigenvalue weighted by Crippen LogP contribution is -2.07. The molecule has 3 aromatic rings. The number of carbonyl (C=O) groups excluding carboxylic acids is 1. The third-order valence-corrected chi connectivity index (χ3v) is 5.83. The molecule has 1 heterocycles. The van der Waals surface area contributed by atoms with Gasteiger partial charge in [-0.15, -0.1) is 11.3 Å². The molecule has 0 unspecified atom stereocenters. The molecule has 0 aliphatic rings. The lowest BCUT2D eigenvalue weighted by Gasteiger charge is -2.13. The maximum Gasteiger partial charge on any atom is 0.340 e. The van der Waals surface area contributed by atoms with Gasteiger partial charge in [0, 0.05) is 29.3 Å². The zero-order valence-electron chi connectivity index (χ0n) is 18.5. The summed E-state index contributed by atoms with van der Waals surface area (Å²) >= 11 is 1.37. The molecule has 0 atom stereocenters. The van der Waals surface area contributed by atoms with Gasteiger partial charge in [0.15, 0.2) is 11.5 Å². The van der Waals surface area contributed by atoms with Gasteiger partial charge in [0.2, 0.25) is 0 Å². The number of nitriles is 1. The van der Waals surface area contributed by atoms with Gasteiger partial charge in [-0.3, -0.25) is 0 Å². The summed E-state index contributed by atoms with van der Waals surface area (Å²) in [5.41, 5.74) is 5.17. The molecule has 3 rings (SSSR count). The Morgan fingerprint density at radius 3 is 2.44 bits per heavy atom. The molecular weight excluding hydrogens is 426 g/mol. The van der Waals surface area contributed by atoms with E-state index in [2.05, 4.69) is 42.4 Å². The largest absolute Gasteiger partial charge is 0.493 e. The maximum absolute atomic E-state index is 12.2. The molecule has 0 bridgehead atoms. The highest BCUT2D eigenvalue weighted by Crippen LogP contribution is 2.34. The van der Waals surface area contributed by atoms with Crippen molar-refractivity contribution in [2.24, 2.45) is 0 Å². The first-order chi connectivity index (χ1) is 15.4. The van der Waals surface area contributed by atoms with E-state index in [9.17, 15) is 10.1 Å². The Bertz CT molecular complexity index is 1220. The Balaban J connectivity index is 1.94. The van der Waals surface area contributed by atoms with Crippen molar-refractivity contribution in [3.63, 3.8) is 0 Å². The van der Waals surface area contributed by atoms with Crippen molar-refractivity contribution in [3.8, 4) is 28.8 Å². The van der Waals surface area contributed by atoms with Crippen molar-refractivity contribution in [2.45, 2.75) is 13.8 Å². The van der Waals surface area contributed by atoms with Crippen LogP contribution >= 0.6 is 11.3 Å². The van der Waals surface area contributed by atoms with Crippen LogP contribution in [-0.4, -0.2) is 32.3 Å². The molecule has 0 saturated carbocycles. The van der Waals surface area contributed by atoms with E-state index < -0.39 is 5.97 Å². The van der Waals surface area contributed by atoms with Crippen molar-refractivity contribution in [1.82, 2.24) is 4.98 Å². The number of aromatic nitrogens is 1. The average Bonchev–Trinajstić information content (AvgIpc) is 3.30. The fourth-order valence-corrected chi connectivity index (χ4v) is 3.79. The van der Waals surface area contributed by atoms with Gasteiger partial charge < -0.3 is 19.5 Å². The molecule has 164 valence electrons. The van der Waals surface area contributed by atoms with Crippen molar-refractivity contribution in [2.75, 3.05) is 26.6 Å². The monoisotopic (exact) mass is 449 g/mol. The number of esters is 1. The fraction of sp³-hybridized carbons (Fsp3) is 0.208. The Hall–Kier alpha value is -3.83. The highest BCUT2D eigenvalue weighted by molar-refractivity contribution is 7.11. The second kappa shape index (κ2) is 9.98. The molecule has 2 aromatic carbocycles. The van der Waals surface area contributed by atoms with Crippen LogP contribution in [0.4, 0.5) is 5.69 Å². The van der Waals surface area contributed by atoms with Gasteiger partial charge in [-0.1, -0.05) is 12.1 Å². The van der Waals surface area contributed by atoms with E-state index in [1.165, 1.54) is 56.1 Å². The number of nitrogens with zero attached hydrogens (tertiary/aromatic N) is 2. The van der Waals surface area contributed by atoms with Gasteiger partial charge in [-0.2, -0.15) is 5.26 Å². The summed E-state index contributed by atoms with van der Waals surface area (Å²) in [4.78, 5) is 16.9. The topological polar surface area (TPSA) is 93.5 Å². The molecular formula is C24H23N3O4S. The lowest BCUT2D eigenvalue weighted by atomic mass is 10.1. The third-order valence-electron chi connectivity index (χ3n) is 4.96. The van der Waals surface area contributed by atoms with Crippen LogP contribution in [0.25, 0.3) is 16.8 Å². The standard InChI is InChI=1S/C24H23N3O4S/c1-14-6-7-16(8-15(14)2)20-13-32-23(27-20)17(11-25)12-26-19-10-22(30-4)21(29-3)9-18(19)24(28)31-5/h6-10,12-13,26H,1-5H3. The number of rotatable bonds is 7. The highest BCUT2D eigenvalue weighted by atomic mass is 32.1. The first-order valence-corrected chi connectivity index (χ1v) is 10.5. The summed E-state index contributed by atoms with van der Waals surface area (Å²) in [6, 6.07) is 11.4. The van der Waals surface area contributed by atoms with E-state index >= 15 is 0 Å². The Labute approximate surface area is 190 Å². The molecule has 7 nitrogen and oxygen atoms in total. The number of hydrogen-bond donors (Lipinski definition) is 1. The Morgan fingerprint density at radius 2 is 1.81 bits per heavy atom. The minimum atomic E-state index is -0.549. The van der Waals surface area contributed by atoms with E-state index in [-0.39, 0.29) is 5.56 Å². The van der Waals surface area contributed by atoms with Crippen molar-refractivity contribution in [1.29, 1.82) is 5.26 Å². The number of hydrogen-bond acceptors (Lipinski definition) is 8. The fourth-order valence-electron chi connectivity index (χ4n) is 3.00. The highest BCUT2D eigenvalue weighted by Gasteiger charge is 2.18. The maximum atomic E-state index is 12.2. The predicted octanol–water partition coefficient (Wildman–Crippen LogP) is 5.21. The van der Waals surface area contributed by atoms with Crippen molar-refractivity contribution >= 4 is 28.6 Å². The Kier molecular flexibility index (Phi) is 7.13. The van der Waals surface area contributed by atoms with Crippen LogP contribution in [0.2, 0.25) is 0 Å². The number of aryl methyl sites for hydroxylation is 2. The van der Waals surface area contributed by atoms with Crippen molar-refractivity contribution < 1.29 is 19.0 Å². The number of benzene rings is 2. The van der Waals surface area contributed by atoms with Gasteiger partial charge in [0.1, 0.15) is 16.6 Å². The molecule has 8 heteroatoms. The zero-order chi connectivity index (χ0) is 23.3. The average molecular weight is 450 g/mol. The van der Waals surface area contributed by atoms with Crippen LogP contribution in [0.1, 0.15) is 26.5 Å². The van der Waals surface area contributed by atoms with E-state index in [1.54, 1.807) is 6.07 Å². The van der Waals surface area contributed by atoms with Gasteiger partial charge >= 0.3 is 5.97 Å². The molecule has 1 aromatic heterocycles. The van der Waals surface area contributed by atoms with Gasteiger partial charge in [0.05, 0.1) is 38.3 Å². The number of ether oxygens (including phenoxy) is 3. The number of thiazole rings is 1. The molecule has 0 aliphatic heterocycles. The first-order valence-electron chi connectivity index (χ1n) is 9.66. The quantitative estimate of drug-likeness (QED) is 0.391. The summed E-state index contributed by atoms with van der Waals surface area (Å²) in [6.07, 6.45) is 1.51. The van der Waals surface area contributed by atoms with Gasteiger partial charge in [-0.25, -0.2) is 9.78 Å². The smallest absolute Gasteiger partial charge is 0.340 e. The minimum absolute atomic E-state index is 0.244. The SMILES string of the molecule is COC(=O)c1cc(OC)c(OC)cc1NC=C(C#N)c1nc(-c2ccc(C)c(C)c2)cs1. The predicted molar refractivity (Wildman–Crippen MR) is 125 cm³/mol. The van der Waals surface area contributed by atoms with Crippen LogP contribution in [0.5, 0.6) is 11.5 Å². The Morgan fingerprint density at radius 1 is 1.09 bits per heavy atom. The molecule has 0 saturated heterocycles. The summed E-state index contributed by atoms with van der Waals surface area (Å²) in [6.45, 7) is 4.11. The second-order valence-corrected chi connectivity index (χ2v) is 7.75. The molecule has 0 radical (unpaired) electrons. The van der Waals surface area contributed by atoms with E-state index in [1.807, 2.05) is 11.4 Å². The molecule has 0 spiro atoms. The normalized spacial score (nSPS) is 10.9. The van der Waals surface area contributed by atoms with Crippen LogP contribution < -0.4 is 14.8 Å². The molecule has 1 N–H and O–H groups in total. The van der Waals surface area contributed by atoms with E-state index in [0.29, 0.717) is 27.8 Å². The van der Waals surface area contributed by atoms with E-state index in [0.717, 1.165) is 11.3 Å². The van der Waals surface area contributed by atoms with Gasteiger partial charge in [-0.05, 0) is 31.0 Å². The van der Waals surface area contributed by atoms with Crippen LogP contribution in [0, 0.1) is 25.2 Å². The van der Waals surface area contributed by atoms with Gasteiger partial charge in [0.25, 0.3) is 0 Å². The minimum Gasteiger partial charge on any atom is -0.493 e. The summed E-state index contributed by atoms with van der Waals surface area (Å²) < 4.78 is 15.5. The third kappa shape index (κ3) is 4.74.